The third-order valence-corrected chi connectivity index (χ3v) is 5.26. The van der Waals surface area contributed by atoms with Crippen LogP contribution in [0.5, 0.6) is 0 Å². The molecule has 2 heterocycles. The number of hydrogen-bond donors (Lipinski definition) is 0. The number of halogens is 1. The van der Waals surface area contributed by atoms with Crippen LogP contribution in [-0.2, 0) is 9.84 Å². The molecule has 5 nitrogen and oxygen atoms in total. The molecule has 0 aliphatic carbocycles. The van der Waals surface area contributed by atoms with E-state index in [4.69, 9.17) is 4.42 Å². The van der Waals surface area contributed by atoms with Crippen LogP contribution in [0.4, 0.5) is 4.39 Å². The minimum Gasteiger partial charge on any atom is -0.440 e. The van der Waals surface area contributed by atoms with Crippen molar-refractivity contribution < 1.29 is 22.0 Å². The van der Waals surface area contributed by atoms with E-state index in [2.05, 4.69) is 0 Å². The molecular weight excluding hydrogens is 333 g/mol. The maximum atomic E-state index is 13.5. The molecule has 1 aromatic carbocycles. The molecule has 0 saturated carbocycles. The number of carbonyl (C=O) groups is 1. The molecule has 128 valence electrons. The van der Waals surface area contributed by atoms with Crippen LogP contribution in [-0.4, -0.2) is 32.0 Å². The van der Waals surface area contributed by atoms with Crippen molar-refractivity contribution in [3.05, 3.63) is 53.5 Å². The highest BCUT2D eigenvalue weighted by atomic mass is 32.2. The van der Waals surface area contributed by atoms with Crippen LogP contribution in [0.2, 0.25) is 0 Å². The predicted octanol–water partition coefficient (Wildman–Crippen LogP) is 3.05. The average molecular weight is 351 g/mol. The fraction of sp³-hybridized carbons (Fsp3) is 0.353. The summed E-state index contributed by atoms with van der Waals surface area (Å²) in [5.74, 6) is -0.592. The maximum Gasteiger partial charge on any atom is 0.290 e. The lowest BCUT2D eigenvalue weighted by Gasteiger charge is -2.26. The largest absolute Gasteiger partial charge is 0.440 e. The van der Waals surface area contributed by atoms with E-state index in [0.29, 0.717) is 6.54 Å². The topological polar surface area (TPSA) is 67.6 Å². The highest BCUT2D eigenvalue weighted by Crippen LogP contribution is 2.38. The number of likely N-dealkylation sites (tertiary alicyclic amines) is 1. The zero-order valence-electron chi connectivity index (χ0n) is 13.4. The molecule has 24 heavy (non-hydrogen) atoms. The summed E-state index contributed by atoms with van der Waals surface area (Å²) >= 11 is 0. The summed E-state index contributed by atoms with van der Waals surface area (Å²) in [7, 11) is -3.51. The molecule has 0 radical (unpaired) electrons. The van der Waals surface area contributed by atoms with Crippen LogP contribution in [0.15, 0.2) is 45.9 Å². The standard InChI is InChI=1S/C17H18FNO4S/c1-11-8-9-19(16(11)12-4-3-5-13(18)10-12)17(20)14-6-7-15(23-14)24(2,21)22/h3-7,10-11,16H,8-9H2,1-2H3. The van der Waals surface area contributed by atoms with Crippen LogP contribution in [0, 0.1) is 11.7 Å². The Morgan fingerprint density at radius 2 is 2.04 bits per heavy atom. The van der Waals surface area contributed by atoms with Gasteiger partial charge in [0.15, 0.2) is 5.76 Å². The van der Waals surface area contributed by atoms with Gasteiger partial charge in [-0.15, -0.1) is 0 Å². The van der Waals surface area contributed by atoms with Crippen molar-refractivity contribution in [1.29, 1.82) is 0 Å². The van der Waals surface area contributed by atoms with E-state index in [9.17, 15) is 17.6 Å². The van der Waals surface area contributed by atoms with Gasteiger partial charge in [-0.2, -0.15) is 0 Å². The van der Waals surface area contributed by atoms with Crippen LogP contribution < -0.4 is 0 Å². The Balaban J connectivity index is 1.92. The maximum absolute atomic E-state index is 13.5. The average Bonchev–Trinajstić information content (AvgIpc) is 3.13. The molecule has 7 heteroatoms. The number of carbonyl (C=O) groups excluding carboxylic acids is 1. The van der Waals surface area contributed by atoms with Gasteiger partial charge < -0.3 is 9.32 Å². The molecule has 1 aromatic heterocycles. The van der Waals surface area contributed by atoms with Crippen LogP contribution in [0.1, 0.15) is 35.5 Å². The van der Waals surface area contributed by atoms with Crippen LogP contribution >= 0.6 is 0 Å². The number of furan rings is 1. The Bertz CT molecular complexity index is 874. The third-order valence-electron chi connectivity index (χ3n) is 4.31. The number of amides is 1. The van der Waals surface area contributed by atoms with E-state index in [1.54, 1.807) is 17.0 Å². The number of sulfone groups is 1. The normalized spacial score (nSPS) is 21.2. The molecule has 1 fully saturated rings. The summed E-state index contributed by atoms with van der Waals surface area (Å²) in [6.45, 7) is 2.52. The Morgan fingerprint density at radius 1 is 1.29 bits per heavy atom. The second kappa shape index (κ2) is 6.05. The molecule has 3 rings (SSSR count). The van der Waals surface area contributed by atoms with E-state index in [1.165, 1.54) is 24.3 Å². The van der Waals surface area contributed by atoms with Crippen molar-refractivity contribution in [3.63, 3.8) is 0 Å². The lowest BCUT2D eigenvalue weighted by molar-refractivity contribution is 0.0682. The summed E-state index contributed by atoms with van der Waals surface area (Å²) in [4.78, 5) is 14.4. The zero-order valence-corrected chi connectivity index (χ0v) is 14.2. The van der Waals surface area contributed by atoms with Gasteiger partial charge in [-0.1, -0.05) is 19.1 Å². The van der Waals surface area contributed by atoms with Crippen molar-refractivity contribution in [2.45, 2.75) is 24.5 Å². The van der Waals surface area contributed by atoms with Crippen molar-refractivity contribution in [1.82, 2.24) is 4.90 Å². The summed E-state index contributed by atoms with van der Waals surface area (Å²) in [6.07, 6.45) is 1.81. The Labute approximate surface area is 140 Å². The van der Waals surface area contributed by atoms with Crippen molar-refractivity contribution in [2.75, 3.05) is 12.8 Å². The monoisotopic (exact) mass is 351 g/mol. The molecule has 2 aromatic rings. The molecule has 0 N–H and O–H groups in total. The minimum absolute atomic E-state index is 0.0223. The van der Waals surface area contributed by atoms with E-state index in [-0.39, 0.29) is 34.5 Å². The summed E-state index contributed by atoms with van der Waals surface area (Å²) < 4.78 is 41.8. The lowest BCUT2D eigenvalue weighted by atomic mass is 9.95. The first kappa shape index (κ1) is 16.7. The summed E-state index contributed by atoms with van der Waals surface area (Å²) in [5, 5.41) is -0.236. The quantitative estimate of drug-likeness (QED) is 0.852. The van der Waals surface area contributed by atoms with Gasteiger partial charge in [-0.05, 0) is 42.2 Å². The Kier molecular flexibility index (Phi) is 4.21. The fourth-order valence-electron chi connectivity index (χ4n) is 3.15. The second-order valence-electron chi connectivity index (χ2n) is 6.16. The third kappa shape index (κ3) is 3.08. The van der Waals surface area contributed by atoms with E-state index in [1.807, 2.05) is 6.92 Å². The molecule has 0 bridgehead atoms. The van der Waals surface area contributed by atoms with Gasteiger partial charge in [-0.25, -0.2) is 12.8 Å². The summed E-state index contributed by atoms with van der Waals surface area (Å²) in [6, 6.07) is 8.58. The first-order valence-electron chi connectivity index (χ1n) is 7.63. The van der Waals surface area contributed by atoms with Gasteiger partial charge in [0.1, 0.15) is 5.82 Å². The number of nitrogens with zero attached hydrogens (tertiary/aromatic N) is 1. The van der Waals surface area contributed by atoms with Gasteiger partial charge in [0.25, 0.3) is 5.91 Å². The summed E-state index contributed by atoms with van der Waals surface area (Å²) in [5.41, 5.74) is 0.725. The van der Waals surface area contributed by atoms with Gasteiger partial charge in [0.2, 0.25) is 14.9 Å². The Hall–Kier alpha value is -2.15. The minimum atomic E-state index is -3.51. The predicted molar refractivity (Wildman–Crippen MR) is 85.8 cm³/mol. The van der Waals surface area contributed by atoms with Gasteiger partial charge in [0, 0.05) is 12.8 Å². The molecular formula is C17H18FNO4S. The smallest absolute Gasteiger partial charge is 0.290 e. The second-order valence-corrected chi connectivity index (χ2v) is 8.10. The first-order chi connectivity index (χ1) is 11.3. The molecule has 1 saturated heterocycles. The van der Waals surface area contributed by atoms with Gasteiger partial charge in [-0.3, -0.25) is 4.79 Å². The Morgan fingerprint density at radius 3 is 2.67 bits per heavy atom. The highest BCUT2D eigenvalue weighted by Gasteiger charge is 2.37. The molecule has 1 aliphatic rings. The first-order valence-corrected chi connectivity index (χ1v) is 9.53. The highest BCUT2D eigenvalue weighted by molar-refractivity contribution is 7.90. The lowest BCUT2D eigenvalue weighted by Crippen LogP contribution is -2.31. The van der Waals surface area contributed by atoms with Crippen molar-refractivity contribution in [3.8, 4) is 0 Å². The number of rotatable bonds is 3. The number of benzene rings is 1. The molecule has 2 atom stereocenters. The molecule has 1 aliphatic heterocycles. The molecule has 0 spiro atoms. The SMILES string of the molecule is CC1CCN(C(=O)c2ccc(S(C)(=O)=O)o2)C1c1cccc(F)c1. The number of hydrogen-bond acceptors (Lipinski definition) is 4. The van der Waals surface area contributed by atoms with Crippen LogP contribution in [0.3, 0.4) is 0 Å². The van der Waals surface area contributed by atoms with Crippen molar-refractivity contribution >= 4 is 15.7 Å². The van der Waals surface area contributed by atoms with Crippen LogP contribution in [0.25, 0.3) is 0 Å². The van der Waals surface area contributed by atoms with E-state index in [0.717, 1.165) is 18.2 Å². The van der Waals surface area contributed by atoms with Gasteiger partial charge >= 0.3 is 0 Å². The van der Waals surface area contributed by atoms with E-state index >= 15 is 0 Å². The zero-order chi connectivity index (χ0) is 17.5. The van der Waals surface area contributed by atoms with E-state index < -0.39 is 9.84 Å². The van der Waals surface area contributed by atoms with Crippen molar-refractivity contribution in [2.24, 2.45) is 5.92 Å². The molecule has 2 unspecified atom stereocenters. The molecule has 1 amide bonds. The fourth-order valence-corrected chi connectivity index (χ4v) is 3.71. The van der Waals surface area contributed by atoms with Gasteiger partial charge in [0.05, 0.1) is 6.04 Å².